The quantitative estimate of drug-likeness (QED) is 0.873. The molecule has 0 aliphatic rings. The first-order valence-electron chi connectivity index (χ1n) is 5.56. The molecule has 0 spiro atoms. The van der Waals surface area contributed by atoms with Gasteiger partial charge in [-0.05, 0) is 24.6 Å². The molecule has 0 radical (unpaired) electrons. The summed E-state index contributed by atoms with van der Waals surface area (Å²) in [5, 5.41) is 5.71. The molecule has 1 atom stereocenters. The standard InChI is InChI=1S/C13H13ClN2OS/c1-9(13-15-5-6-18-13)16-12(17)11-4-2-3-10(7-11)8-14/h2-7,9H,8H2,1H3,(H,16,17). The number of amides is 1. The molecule has 94 valence electrons. The van der Waals surface area contributed by atoms with Crippen molar-refractivity contribution in [3.8, 4) is 0 Å². The van der Waals surface area contributed by atoms with Crippen LogP contribution in [0.5, 0.6) is 0 Å². The Morgan fingerprint density at radius 2 is 2.39 bits per heavy atom. The van der Waals surface area contributed by atoms with Gasteiger partial charge in [0.15, 0.2) is 0 Å². The fourth-order valence-electron chi connectivity index (χ4n) is 1.59. The van der Waals surface area contributed by atoms with Crippen molar-refractivity contribution >= 4 is 28.8 Å². The third-order valence-corrected chi connectivity index (χ3v) is 3.78. The van der Waals surface area contributed by atoms with E-state index in [4.69, 9.17) is 11.6 Å². The average Bonchev–Trinajstić information content (AvgIpc) is 2.92. The minimum absolute atomic E-state index is 0.0860. The van der Waals surface area contributed by atoms with Gasteiger partial charge >= 0.3 is 0 Å². The second-order valence-electron chi connectivity index (χ2n) is 3.90. The van der Waals surface area contributed by atoms with Gasteiger partial charge in [-0.1, -0.05) is 12.1 Å². The van der Waals surface area contributed by atoms with E-state index in [-0.39, 0.29) is 11.9 Å². The van der Waals surface area contributed by atoms with E-state index in [1.807, 2.05) is 24.4 Å². The third kappa shape index (κ3) is 3.09. The molecule has 2 rings (SSSR count). The first-order valence-corrected chi connectivity index (χ1v) is 6.97. The van der Waals surface area contributed by atoms with E-state index in [0.29, 0.717) is 11.4 Å². The minimum Gasteiger partial charge on any atom is -0.343 e. The highest BCUT2D eigenvalue weighted by Crippen LogP contribution is 2.16. The summed E-state index contributed by atoms with van der Waals surface area (Å²) in [6.07, 6.45) is 1.73. The molecule has 0 aliphatic heterocycles. The average molecular weight is 281 g/mol. The van der Waals surface area contributed by atoms with Crippen molar-refractivity contribution in [1.29, 1.82) is 0 Å². The topological polar surface area (TPSA) is 42.0 Å². The molecule has 1 N–H and O–H groups in total. The van der Waals surface area contributed by atoms with Gasteiger partial charge in [-0.3, -0.25) is 4.79 Å². The molecule has 0 saturated heterocycles. The van der Waals surface area contributed by atoms with Crippen LogP contribution in [0.3, 0.4) is 0 Å². The molecule has 1 unspecified atom stereocenters. The molecule has 1 aromatic heterocycles. The molecule has 0 fully saturated rings. The fourth-order valence-corrected chi connectivity index (χ4v) is 2.40. The predicted molar refractivity (Wildman–Crippen MR) is 74.0 cm³/mol. The Balaban J connectivity index is 2.07. The Morgan fingerprint density at radius 1 is 1.56 bits per heavy atom. The number of aromatic nitrogens is 1. The van der Waals surface area contributed by atoms with Crippen LogP contribution in [0.2, 0.25) is 0 Å². The number of alkyl halides is 1. The molecule has 0 aliphatic carbocycles. The molecular formula is C13H13ClN2OS. The molecule has 0 bridgehead atoms. The molecule has 1 heterocycles. The summed E-state index contributed by atoms with van der Waals surface area (Å²) >= 11 is 7.28. The zero-order valence-corrected chi connectivity index (χ0v) is 11.5. The number of hydrogen-bond donors (Lipinski definition) is 1. The maximum absolute atomic E-state index is 12.0. The number of hydrogen-bond acceptors (Lipinski definition) is 3. The summed E-state index contributed by atoms with van der Waals surface area (Å²) in [5.74, 6) is 0.299. The summed E-state index contributed by atoms with van der Waals surface area (Å²) in [6, 6.07) is 7.23. The number of thiazole rings is 1. The number of carbonyl (C=O) groups excluding carboxylic acids is 1. The number of halogens is 1. The Kier molecular flexibility index (Phi) is 4.33. The van der Waals surface area contributed by atoms with Crippen molar-refractivity contribution in [2.24, 2.45) is 0 Å². The lowest BCUT2D eigenvalue weighted by Gasteiger charge is -2.11. The van der Waals surface area contributed by atoms with Crippen molar-refractivity contribution < 1.29 is 4.79 Å². The van der Waals surface area contributed by atoms with Crippen molar-refractivity contribution in [2.45, 2.75) is 18.8 Å². The van der Waals surface area contributed by atoms with E-state index in [9.17, 15) is 4.79 Å². The lowest BCUT2D eigenvalue weighted by atomic mass is 10.1. The molecule has 3 nitrogen and oxygen atoms in total. The van der Waals surface area contributed by atoms with Crippen LogP contribution >= 0.6 is 22.9 Å². The molecule has 1 aromatic carbocycles. The maximum atomic E-state index is 12.0. The highest BCUT2D eigenvalue weighted by atomic mass is 35.5. The van der Waals surface area contributed by atoms with E-state index in [2.05, 4.69) is 10.3 Å². The van der Waals surface area contributed by atoms with E-state index in [1.54, 1.807) is 18.3 Å². The minimum atomic E-state index is -0.107. The van der Waals surface area contributed by atoms with Crippen molar-refractivity contribution in [2.75, 3.05) is 0 Å². The zero-order valence-electron chi connectivity index (χ0n) is 9.89. The van der Waals surface area contributed by atoms with Gasteiger partial charge in [0, 0.05) is 23.0 Å². The van der Waals surface area contributed by atoms with Gasteiger partial charge in [-0.2, -0.15) is 0 Å². The molecular weight excluding hydrogens is 268 g/mol. The summed E-state index contributed by atoms with van der Waals surface area (Å²) in [4.78, 5) is 16.2. The van der Waals surface area contributed by atoms with Crippen LogP contribution in [0.15, 0.2) is 35.8 Å². The lowest BCUT2D eigenvalue weighted by Crippen LogP contribution is -2.26. The largest absolute Gasteiger partial charge is 0.343 e. The SMILES string of the molecule is CC(NC(=O)c1cccc(CCl)c1)c1nccs1. The lowest BCUT2D eigenvalue weighted by molar-refractivity contribution is 0.0939. The summed E-state index contributed by atoms with van der Waals surface area (Å²) in [5.41, 5.74) is 1.56. The zero-order chi connectivity index (χ0) is 13.0. The Hall–Kier alpha value is -1.39. The van der Waals surface area contributed by atoms with Crippen LogP contribution in [0.4, 0.5) is 0 Å². The number of nitrogens with one attached hydrogen (secondary N) is 1. The Morgan fingerprint density at radius 3 is 3.06 bits per heavy atom. The molecule has 2 aromatic rings. The van der Waals surface area contributed by atoms with Crippen molar-refractivity contribution in [1.82, 2.24) is 10.3 Å². The molecule has 5 heteroatoms. The highest BCUT2D eigenvalue weighted by molar-refractivity contribution is 7.09. The van der Waals surface area contributed by atoms with Gasteiger partial charge in [-0.25, -0.2) is 4.98 Å². The Bertz CT molecular complexity index is 528. The number of nitrogens with zero attached hydrogens (tertiary/aromatic N) is 1. The highest BCUT2D eigenvalue weighted by Gasteiger charge is 2.13. The predicted octanol–water partition coefficient (Wildman–Crippen LogP) is 3.37. The van der Waals surface area contributed by atoms with Gasteiger partial charge in [0.1, 0.15) is 5.01 Å². The smallest absolute Gasteiger partial charge is 0.251 e. The summed E-state index contributed by atoms with van der Waals surface area (Å²) in [7, 11) is 0. The van der Waals surface area contributed by atoms with E-state index < -0.39 is 0 Å². The van der Waals surface area contributed by atoms with Crippen molar-refractivity contribution in [3.63, 3.8) is 0 Å². The number of rotatable bonds is 4. The van der Waals surface area contributed by atoms with Gasteiger partial charge in [-0.15, -0.1) is 22.9 Å². The third-order valence-electron chi connectivity index (χ3n) is 2.51. The van der Waals surface area contributed by atoms with Gasteiger partial charge in [0.2, 0.25) is 0 Å². The van der Waals surface area contributed by atoms with Crippen molar-refractivity contribution in [3.05, 3.63) is 52.0 Å². The molecule has 18 heavy (non-hydrogen) atoms. The first kappa shape index (κ1) is 13.1. The van der Waals surface area contributed by atoms with Crippen LogP contribution < -0.4 is 5.32 Å². The van der Waals surface area contributed by atoms with Crippen LogP contribution in [-0.4, -0.2) is 10.9 Å². The van der Waals surface area contributed by atoms with Crippen LogP contribution in [0, 0.1) is 0 Å². The first-order chi connectivity index (χ1) is 8.70. The van der Waals surface area contributed by atoms with Gasteiger partial charge < -0.3 is 5.32 Å². The van der Waals surface area contributed by atoms with Gasteiger partial charge in [0.05, 0.1) is 6.04 Å². The van der Waals surface area contributed by atoms with E-state index in [1.165, 1.54) is 11.3 Å². The van der Waals surface area contributed by atoms with E-state index in [0.717, 1.165) is 10.6 Å². The van der Waals surface area contributed by atoms with E-state index >= 15 is 0 Å². The summed E-state index contributed by atoms with van der Waals surface area (Å²) in [6.45, 7) is 1.92. The fraction of sp³-hybridized carbons (Fsp3) is 0.231. The van der Waals surface area contributed by atoms with Crippen LogP contribution in [0.1, 0.15) is 33.9 Å². The normalized spacial score (nSPS) is 12.1. The Labute approximate surface area is 115 Å². The second kappa shape index (κ2) is 5.98. The molecule has 1 amide bonds. The molecule has 0 saturated carbocycles. The number of carbonyl (C=O) groups is 1. The van der Waals surface area contributed by atoms with Gasteiger partial charge in [0.25, 0.3) is 5.91 Å². The number of benzene rings is 1. The second-order valence-corrected chi connectivity index (χ2v) is 5.09. The van der Waals surface area contributed by atoms with Crippen LogP contribution in [-0.2, 0) is 5.88 Å². The summed E-state index contributed by atoms with van der Waals surface area (Å²) < 4.78 is 0. The monoisotopic (exact) mass is 280 g/mol. The maximum Gasteiger partial charge on any atom is 0.251 e. The van der Waals surface area contributed by atoms with Crippen LogP contribution in [0.25, 0.3) is 0 Å².